The molecule has 1 fully saturated rings. The average molecular weight is 293 g/mol. The van der Waals surface area contributed by atoms with Gasteiger partial charge in [0.1, 0.15) is 5.75 Å². The fourth-order valence-corrected chi connectivity index (χ4v) is 2.15. The number of rotatable bonds is 6. The highest BCUT2D eigenvalue weighted by atomic mass is 16.5. The fraction of sp³-hybridized carbons (Fsp3) is 0.429. The number of hydrogen-bond acceptors (Lipinski definition) is 5. The second-order valence-corrected chi connectivity index (χ2v) is 4.81. The Kier molecular flexibility index (Phi) is 5.13. The maximum absolute atomic E-state index is 12.2. The lowest BCUT2D eigenvalue weighted by molar-refractivity contribution is -0.121. The lowest BCUT2D eigenvalue weighted by Gasteiger charge is -2.16. The number of benzene rings is 1. The predicted octanol–water partition coefficient (Wildman–Crippen LogP) is -0.276. The number of carbonyl (C=O) groups is 2. The van der Waals surface area contributed by atoms with Gasteiger partial charge in [-0.15, -0.1) is 0 Å². The standard InChI is InChI=1S/C14H19N3O4/c1-16-12-7-20-6-11(12)14(19)17-9-3-2-4-10(5-9)21-8-13(15)18/h2-5,11-12,16H,6-8H2,1H3,(H2,15,18)(H,17,19). The molecule has 0 radical (unpaired) electrons. The number of likely N-dealkylation sites (N-methyl/N-ethyl adjacent to an activating group) is 1. The third-order valence-corrected chi connectivity index (χ3v) is 3.27. The Labute approximate surface area is 122 Å². The molecular weight excluding hydrogens is 274 g/mol. The van der Waals surface area contributed by atoms with Gasteiger partial charge < -0.3 is 25.8 Å². The summed E-state index contributed by atoms with van der Waals surface area (Å²) in [7, 11) is 1.80. The summed E-state index contributed by atoms with van der Waals surface area (Å²) in [5.41, 5.74) is 5.62. The Bertz CT molecular complexity index is 521. The van der Waals surface area contributed by atoms with Crippen LogP contribution in [0.4, 0.5) is 5.69 Å². The van der Waals surface area contributed by atoms with E-state index in [4.69, 9.17) is 15.2 Å². The number of amides is 2. The van der Waals surface area contributed by atoms with E-state index in [2.05, 4.69) is 10.6 Å². The zero-order valence-electron chi connectivity index (χ0n) is 11.8. The lowest BCUT2D eigenvalue weighted by atomic mass is 10.0. The predicted molar refractivity (Wildman–Crippen MR) is 76.9 cm³/mol. The molecule has 2 atom stereocenters. The molecule has 0 saturated carbocycles. The Balaban J connectivity index is 1.97. The van der Waals surface area contributed by atoms with Crippen molar-refractivity contribution in [3.05, 3.63) is 24.3 Å². The van der Waals surface area contributed by atoms with Crippen molar-refractivity contribution in [3.8, 4) is 5.75 Å². The van der Waals surface area contributed by atoms with Crippen LogP contribution in [0.2, 0.25) is 0 Å². The molecule has 1 aromatic rings. The van der Waals surface area contributed by atoms with E-state index in [1.807, 2.05) is 0 Å². The van der Waals surface area contributed by atoms with E-state index < -0.39 is 5.91 Å². The number of nitrogens with one attached hydrogen (secondary N) is 2. The minimum absolute atomic E-state index is 0.0132. The van der Waals surface area contributed by atoms with Gasteiger partial charge in [0.2, 0.25) is 5.91 Å². The summed E-state index contributed by atoms with van der Waals surface area (Å²) in [5, 5.41) is 5.88. The Morgan fingerprint density at radius 3 is 2.95 bits per heavy atom. The number of ether oxygens (including phenoxy) is 2. The zero-order valence-corrected chi connectivity index (χ0v) is 11.8. The van der Waals surface area contributed by atoms with Crippen molar-refractivity contribution in [1.29, 1.82) is 0 Å². The van der Waals surface area contributed by atoms with Gasteiger partial charge in [-0.25, -0.2) is 0 Å². The van der Waals surface area contributed by atoms with Gasteiger partial charge in [-0.2, -0.15) is 0 Å². The second-order valence-electron chi connectivity index (χ2n) is 4.81. The van der Waals surface area contributed by atoms with E-state index in [0.717, 1.165) is 0 Å². The number of anilines is 1. The van der Waals surface area contributed by atoms with Crippen LogP contribution in [0.1, 0.15) is 0 Å². The summed E-state index contributed by atoms with van der Waals surface area (Å²) in [6.45, 7) is 0.723. The summed E-state index contributed by atoms with van der Waals surface area (Å²) < 4.78 is 10.5. The van der Waals surface area contributed by atoms with Gasteiger partial charge >= 0.3 is 0 Å². The molecule has 1 saturated heterocycles. The van der Waals surface area contributed by atoms with Gasteiger partial charge in [-0.05, 0) is 19.2 Å². The van der Waals surface area contributed by atoms with Gasteiger partial charge in [0.05, 0.1) is 19.1 Å². The van der Waals surface area contributed by atoms with Gasteiger partial charge in [-0.1, -0.05) is 6.07 Å². The largest absolute Gasteiger partial charge is 0.484 e. The first-order valence-electron chi connectivity index (χ1n) is 6.67. The summed E-state index contributed by atoms with van der Waals surface area (Å²) in [6.07, 6.45) is 0. The highest BCUT2D eigenvalue weighted by Gasteiger charge is 2.32. The van der Waals surface area contributed by atoms with E-state index in [1.54, 1.807) is 31.3 Å². The van der Waals surface area contributed by atoms with Crippen molar-refractivity contribution in [2.75, 3.05) is 32.2 Å². The van der Waals surface area contributed by atoms with Crippen molar-refractivity contribution in [3.63, 3.8) is 0 Å². The smallest absolute Gasteiger partial charge is 0.255 e. The molecule has 7 heteroatoms. The molecule has 1 aliphatic heterocycles. The molecule has 1 aliphatic rings. The molecule has 0 aromatic heterocycles. The summed E-state index contributed by atoms with van der Waals surface area (Å²) in [6, 6.07) is 6.82. The van der Waals surface area contributed by atoms with Crippen molar-refractivity contribution in [2.45, 2.75) is 6.04 Å². The molecule has 2 rings (SSSR count). The normalized spacial score (nSPS) is 21.0. The molecule has 7 nitrogen and oxygen atoms in total. The van der Waals surface area contributed by atoms with E-state index in [-0.39, 0.29) is 24.5 Å². The summed E-state index contributed by atoms with van der Waals surface area (Å²) >= 11 is 0. The zero-order chi connectivity index (χ0) is 15.2. The van der Waals surface area contributed by atoms with Crippen molar-refractivity contribution in [1.82, 2.24) is 5.32 Å². The molecule has 0 spiro atoms. The lowest BCUT2D eigenvalue weighted by Crippen LogP contribution is -2.39. The fourth-order valence-electron chi connectivity index (χ4n) is 2.15. The molecule has 21 heavy (non-hydrogen) atoms. The van der Waals surface area contributed by atoms with Gasteiger partial charge in [-0.3, -0.25) is 9.59 Å². The third kappa shape index (κ3) is 4.17. The Morgan fingerprint density at radius 1 is 1.43 bits per heavy atom. The van der Waals surface area contributed by atoms with Crippen LogP contribution in [0, 0.1) is 5.92 Å². The minimum Gasteiger partial charge on any atom is -0.484 e. The van der Waals surface area contributed by atoms with Crippen LogP contribution in [0.3, 0.4) is 0 Å². The van der Waals surface area contributed by atoms with Crippen LogP contribution in [0.15, 0.2) is 24.3 Å². The highest BCUT2D eigenvalue weighted by Crippen LogP contribution is 2.20. The molecule has 4 N–H and O–H groups in total. The first-order valence-corrected chi connectivity index (χ1v) is 6.67. The van der Waals surface area contributed by atoms with Gasteiger partial charge in [0.15, 0.2) is 6.61 Å². The maximum atomic E-state index is 12.2. The van der Waals surface area contributed by atoms with Crippen LogP contribution in [-0.4, -0.2) is 44.7 Å². The first-order chi connectivity index (χ1) is 10.1. The second kappa shape index (κ2) is 7.05. The van der Waals surface area contributed by atoms with E-state index in [0.29, 0.717) is 24.7 Å². The molecule has 114 valence electrons. The van der Waals surface area contributed by atoms with Gasteiger partial charge in [0, 0.05) is 17.8 Å². The van der Waals surface area contributed by atoms with E-state index in [9.17, 15) is 9.59 Å². The van der Waals surface area contributed by atoms with Crippen LogP contribution >= 0.6 is 0 Å². The van der Waals surface area contributed by atoms with Crippen molar-refractivity contribution >= 4 is 17.5 Å². The molecule has 2 unspecified atom stereocenters. The quantitative estimate of drug-likeness (QED) is 0.669. The first kappa shape index (κ1) is 15.3. The van der Waals surface area contributed by atoms with Crippen LogP contribution in [-0.2, 0) is 14.3 Å². The number of hydrogen-bond donors (Lipinski definition) is 3. The molecular formula is C14H19N3O4. The minimum atomic E-state index is -0.551. The number of primary amides is 1. The monoisotopic (exact) mass is 293 g/mol. The average Bonchev–Trinajstić information content (AvgIpc) is 2.94. The number of nitrogens with two attached hydrogens (primary N) is 1. The molecule has 0 bridgehead atoms. The SMILES string of the molecule is CNC1COCC1C(=O)Nc1cccc(OCC(N)=O)c1. The van der Waals surface area contributed by atoms with Crippen LogP contribution in [0.25, 0.3) is 0 Å². The Morgan fingerprint density at radius 2 is 2.24 bits per heavy atom. The third-order valence-electron chi connectivity index (χ3n) is 3.27. The van der Waals surface area contributed by atoms with Crippen molar-refractivity contribution in [2.24, 2.45) is 11.7 Å². The summed E-state index contributed by atoms with van der Waals surface area (Å²) in [5.74, 6) is -0.423. The highest BCUT2D eigenvalue weighted by molar-refractivity contribution is 5.93. The van der Waals surface area contributed by atoms with Crippen LogP contribution < -0.4 is 21.1 Å². The molecule has 1 aromatic carbocycles. The van der Waals surface area contributed by atoms with E-state index >= 15 is 0 Å². The van der Waals surface area contributed by atoms with E-state index in [1.165, 1.54) is 0 Å². The Hall–Kier alpha value is -2.12. The van der Waals surface area contributed by atoms with Crippen LogP contribution in [0.5, 0.6) is 5.75 Å². The summed E-state index contributed by atoms with van der Waals surface area (Å²) in [4.78, 5) is 22.9. The van der Waals surface area contributed by atoms with Gasteiger partial charge in [0.25, 0.3) is 5.91 Å². The topological polar surface area (TPSA) is 103 Å². The molecule has 0 aliphatic carbocycles. The van der Waals surface area contributed by atoms with Crippen molar-refractivity contribution < 1.29 is 19.1 Å². The number of carbonyl (C=O) groups excluding carboxylic acids is 2. The molecule has 2 amide bonds. The maximum Gasteiger partial charge on any atom is 0.255 e. The molecule has 1 heterocycles.